The van der Waals surface area contributed by atoms with E-state index in [1.165, 1.54) is 250 Å². The minimum Gasteiger partial charge on any atom is -0.394 e. The normalized spacial score (nSPS) is 18.6. The molecule has 0 aromatic carbocycles. The van der Waals surface area contributed by atoms with Gasteiger partial charge in [-0.3, -0.25) is 4.79 Å². The van der Waals surface area contributed by atoms with E-state index in [4.69, 9.17) is 9.47 Å². The van der Waals surface area contributed by atoms with E-state index in [-0.39, 0.29) is 12.5 Å². The number of ether oxygens (including phenoxy) is 2. The highest BCUT2D eigenvalue weighted by Crippen LogP contribution is 2.23. The van der Waals surface area contributed by atoms with Crippen molar-refractivity contribution in [3.05, 3.63) is 72.9 Å². The van der Waals surface area contributed by atoms with Crippen molar-refractivity contribution in [2.75, 3.05) is 13.2 Å². The van der Waals surface area contributed by atoms with Crippen LogP contribution in [-0.2, 0) is 14.3 Å². The van der Waals surface area contributed by atoms with Gasteiger partial charge >= 0.3 is 0 Å². The summed E-state index contributed by atoms with van der Waals surface area (Å²) in [5.74, 6) is -0.171. The van der Waals surface area contributed by atoms with Crippen molar-refractivity contribution in [2.45, 2.75) is 384 Å². The van der Waals surface area contributed by atoms with Crippen molar-refractivity contribution in [3.63, 3.8) is 0 Å². The van der Waals surface area contributed by atoms with Crippen LogP contribution < -0.4 is 5.32 Å². The fraction of sp³-hybridized carbons (Fsp3) is 0.827. The van der Waals surface area contributed by atoms with Crippen molar-refractivity contribution >= 4 is 5.91 Å². The zero-order valence-corrected chi connectivity index (χ0v) is 54.9. The fourth-order valence-electron chi connectivity index (χ4n) is 11.4. The standard InChI is InChI=1S/C75H137NO8/c1-3-5-7-9-11-13-15-17-19-21-23-25-27-29-30-31-32-33-34-35-36-37-38-39-40-41-43-45-47-49-51-53-55-57-59-61-63-65-71(79)76-68(67-83-75-74(82)73(81)72(80)70(66-77)84-75)69(78)64-62-60-58-56-54-52-50-48-46-44-42-28-26-24-22-20-18-16-14-12-10-8-6-4-2/h5,7,11,13,17,19,23,25,29-30,62,64,68-70,72-75,77-78,80-82H,3-4,6,8-10,12,14-16,18,20-22,24,26-28,31-61,63,65-67H2,1-2H3,(H,76,79)/b7-5-,13-11-,19-17-,25-23-,30-29-,64-62+. The predicted octanol–water partition coefficient (Wildman–Crippen LogP) is 19.9. The molecular formula is C75H137NO8. The van der Waals surface area contributed by atoms with Gasteiger partial charge in [0.2, 0.25) is 5.91 Å². The molecule has 1 aliphatic heterocycles. The second-order valence-corrected chi connectivity index (χ2v) is 25.0. The zero-order chi connectivity index (χ0) is 60.7. The van der Waals surface area contributed by atoms with Crippen LogP contribution in [0.2, 0.25) is 0 Å². The second kappa shape index (κ2) is 63.6. The highest BCUT2D eigenvalue weighted by molar-refractivity contribution is 5.76. The maximum Gasteiger partial charge on any atom is 0.220 e. The molecule has 0 aromatic heterocycles. The first-order chi connectivity index (χ1) is 41.3. The van der Waals surface area contributed by atoms with Gasteiger partial charge < -0.3 is 40.3 Å². The van der Waals surface area contributed by atoms with Gasteiger partial charge in [0, 0.05) is 6.42 Å². The summed E-state index contributed by atoms with van der Waals surface area (Å²) in [6, 6.07) is -0.807. The number of amides is 1. The minimum absolute atomic E-state index is 0.171. The van der Waals surface area contributed by atoms with Crippen molar-refractivity contribution in [2.24, 2.45) is 0 Å². The molecule has 1 saturated heterocycles. The minimum atomic E-state index is -1.57. The van der Waals surface area contributed by atoms with Crippen LogP contribution in [0.5, 0.6) is 0 Å². The molecule has 0 aliphatic carbocycles. The summed E-state index contributed by atoms with van der Waals surface area (Å²) < 4.78 is 11.3. The second-order valence-electron chi connectivity index (χ2n) is 25.0. The van der Waals surface area contributed by atoms with E-state index in [1.54, 1.807) is 6.08 Å². The van der Waals surface area contributed by atoms with E-state index in [9.17, 15) is 30.3 Å². The molecule has 0 aromatic rings. The van der Waals surface area contributed by atoms with E-state index < -0.39 is 49.5 Å². The van der Waals surface area contributed by atoms with Crippen LogP contribution in [0, 0.1) is 0 Å². The first kappa shape index (κ1) is 79.6. The molecule has 0 radical (unpaired) electrons. The third-order valence-corrected chi connectivity index (χ3v) is 17.0. The summed E-state index contributed by atoms with van der Waals surface area (Å²) >= 11 is 0. The third kappa shape index (κ3) is 51.7. The van der Waals surface area contributed by atoms with Crippen LogP contribution in [0.25, 0.3) is 0 Å². The maximum atomic E-state index is 13.1. The van der Waals surface area contributed by atoms with E-state index in [2.05, 4.69) is 79.9 Å². The zero-order valence-electron chi connectivity index (χ0n) is 54.9. The van der Waals surface area contributed by atoms with Crippen LogP contribution in [0.3, 0.4) is 0 Å². The lowest BCUT2D eigenvalue weighted by atomic mass is 9.99. The molecule has 0 bridgehead atoms. The first-order valence-corrected chi connectivity index (χ1v) is 36.2. The number of carbonyl (C=O) groups is 1. The number of aliphatic hydroxyl groups is 5. The topological polar surface area (TPSA) is 149 Å². The number of rotatable bonds is 63. The molecular weight excluding hydrogens is 1040 g/mol. The van der Waals surface area contributed by atoms with E-state index in [1.807, 2.05) is 6.08 Å². The molecule has 9 heteroatoms. The summed E-state index contributed by atoms with van der Waals surface area (Å²) in [7, 11) is 0. The van der Waals surface area contributed by atoms with Gasteiger partial charge in [-0.25, -0.2) is 0 Å². The van der Waals surface area contributed by atoms with Gasteiger partial charge in [0.15, 0.2) is 6.29 Å². The monoisotopic (exact) mass is 1180 g/mol. The number of hydrogen-bond acceptors (Lipinski definition) is 8. The van der Waals surface area contributed by atoms with E-state index in [0.29, 0.717) is 6.42 Å². The summed E-state index contributed by atoms with van der Waals surface area (Å²) in [6.45, 7) is 3.71. The van der Waals surface area contributed by atoms with Gasteiger partial charge in [-0.1, -0.05) is 344 Å². The van der Waals surface area contributed by atoms with Gasteiger partial charge in [0.25, 0.3) is 0 Å². The Kier molecular flexibility index (Phi) is 60.3. The summed E-state index contributed by atoms with van der Waals surface area (Å²) in [4.78, 5) is 13.1. The SMILES string of the molecule is CC/C=C\C/C=C\C/C=C\C/C=C\C/C=C\CCCCCCCCCCCCCCCCCCCCCCCC(=O)NC(COC1OC(CO)C(O)C(O)C1O)C(O)/C=C/CCCCCCCCCCCCCCCCCCCCCCCC. The largest absolute Gasteiger partial charge is 0.394 e. The van der Waals surface area contributed by atoms with Gasteiger partial charge in [0.1, 0.15) is 24.4 Å². The fourth-order valence-corrected chi connectivity index (χ4v) is 11.4. The average Bonchev–Trinajstić information content (AvgIpc) is 3.70. The molecule has 84 heavy (non-hydrogen) atoms. The third-order valence-electron chi connectivity index (χ3n) is 17.0. The van der Waals surface area contributed by atoms with Crippen LogP contribution in [0.4, 0.5) is 0 Å². The number of nitrogens with one attached hydrogen (secondary N) is 1. The summed E-state index contributed by atoms with van der Waals surface area (Å²) in [6.07, 6.45) is 83.0. The Balaban J connectivity index is 2.09. The molecule has 1 fully saturated rings. The van der Waals surface area contributed by atoms with Gasteiger partial charge in [-0.05, 0) is 64.2 Å². The number of hydrogen-bond donors (Lipinski definition) is 6. The maximum absolute atomic E-state index is 13.1. The van der Waals surface area contributed by atoms with Crippen molar-refractivity contribution in [1.29, 1.82) is 0 Å². The number of aliphatic hydroxyl groups excluding tert-OH is 5. The molecule has 7 unspecified atom stereocenters. The molecule has 490 valence electrons. The van der Waals surface area contributed by atoms with Crippen molar-refractivity contribution in [1.82, 2.24) is 5.32 Å². The molecule has 7 atom stereocenters. The molecule has 9 nitrogen and oxygen atoms in total. The number of unbranched alkanes of at least 4 members (excludes halogenated alkanes) is 43. The van der Waals surface area contributed by atoms with E-state index in [0.717, 1.165) is 70.6 Å². The summed E-state index contributed by atoms with van der Waals surface area (Å²) in [5.41, 5.74) is 0. The summed E-state index contributed by atoms with van der Waals surface area (Å²) in [5, 5.41) is 54.8. The van der Waals surface area contributed by atoms with Gasteiger partial charge in [-0.2, -0.15) is 0 Å². The first-order valence-electron chi connectivity index (χ1n) is 36.2. The van der Waals surface area contributed by atoms with Crippen LogP contribution in [0.1, 0.15) is 341 Å². The van der Waals surface area contributed by atoms with Crippen LogP contribution >= 0.6 is 0 Å². The number of allylic oxidation sites excluding steroid dienone is 11. The van der Waals surface area contributed by atoms with Crippen molar-refractivity contribution < 1.29 is 39.8 Å². The van der Waals surface area contributed by atoms with E-state index >= 15 is 0 Å². The van der Waals surface area contributed by atoms with Crippen molar-refractivity contribution in [3.8, 4) is 0 Å². The molecule has 1 heterocycles. The Morgan fingerprint density at radius 2 is 0.738 bits per heavy atom. The van der Waals surface area contributed by atoms with Gasteiger partial charge in [-0.15, -0.1) is 0 Å². The van der Waals surface area contributed by atoms with Crippen LogP contribution in [0.15, 0.2) is 72.9 Å². The molecule has 1 aliphatic rings. The predicted molar refractivity (Wildman–Crippen MR) is 359 cm³/mol. The Labute approximate surface area is 519 Å². The number of carbonyl (C=O) groups excluding carboxylic acids is 1. The van der Waals surface area contributed by atoms with Crippen LogP contribution in [-0.4, -0.2) is 87.5 Å². The lowest BCUT2D eigenvalue weighted by molar-refractivity contribution is -0.302. The Morgan fingerprint density at radius 1 is 0.417 bits per heavy atom. The molecule has 1 amide bonds. The Morgan fingerprint density at radius 3 is 1.10 bits per heavy atom. The average molecular weight is 1180 g/mol. The molecule has 1 rings (SSSR count). The Hall–Kier alpha value is -2.37. The smallest absolute Gasteiger partial charge is 0.220 e. The molecule has 0 saturated carbocycles. The quantitative estimate of drug-likeness (QED) is 0.0261. The Bertz CT molecular complexity index is 1560. The molecule has 0 spiro atoms. The lowest BCUT2D eigenvalue weighted by Crippen LogP contribution is -2.60. The lowest BCUT2D eigenvalue weighted by Gasteiger charge is -2.40. The van der Waals surface area contributed by atoms with Gasteiger partial charge in [0.05, 0.1) is 25.4 Å². The highest BCUT2D eigenvalue weighted by atomic mass is 16.7. The molecule has 6 N–H and O–H groups in total. The highest BCUT2D eigenvalue weighted by Gasteiger charge is 2.44.